The molecule has 0 bridgehead atoms. The van der Waals surface area contributed by atoms with E-state index in [1.54, 1.807) is 14.2 Å². The van der Waals surface area contributed by atoms with Crippen molar-refractivity contribution in [3.63, 3.8) is 0 Å². The fourth-order valence-corrected chi connectivity index (χ4v) is 13.7. The molecule has 1 aliphatic rings. The van der Waals surface area contributed by atoms with Crippen LogP contribution in [0.3, 0.4) is 0 Å². The highest BCUT2D eigenvalue weighted by Gasteiger charge is 2.57. The third kappa shape index (κ3) is 5.68. The van der Waals surface area contributed by atoms with E-state index in [0.717, 1.165) is 0 Å². The first-order valence-electron chi connectivity index (χ1n) is 15.4. The Morgan fingerprint density at radius 3 is 1.35 bits per heavy atom. The molecule has 5 aromatic carbocycles. The zero-order valence-electron chi connectivity index (χ0n) is 25.9. The molecule has 7 heteroatoms. The van der Waals surface area contributed by atoms with Crippen LogP contribution in [0, 0.1) is 5.92 Å². The van der Waals surface area contributed by atoms with Gasteiger partial charge in [0.1, 0.15) is 13.2 Å². The van der Waals surface area contributed by atoms with Gasteiger partial charge in [0, 0.05) is 46.7 Å². The van der Waals surface area contributed by atoms with Gasteiger partial charge < -0.3 is 23.7 Å². The third-order valence-electron chi connectivity index (χ3n) is 9.03. The molecule has 2 unspecified atom stereocenters. The van der Waals surface area contributed by atoms with E-state index in [-0.39, 0.29) is 0 Å². The number of aliphatic hydroxyl groups is 1. The van der Waals surface area contributed by atoms with Gasteiger partial charge in [-0.05, 0) is 11.6 Å². The predicted octanol–water partition coefficient (Wildman–Crippen LogP) is 6.66. The SMILES string of the molecule is CO[C@@H]1[C@@H](OC)C=C(P(=O)(c2ccccc2)c2ccccc2)[C@H]1C(C(O)c1ccccc1)P(=O)(c1ccccc1)c1ccccc1. The number of aliphatic hydroxyl groups excluding tert-OH is 1. The monoisotopic (exact) mass is 648 g/mol. The summed E-state index contributed by atoms with van der Waals surface area (Å²) < 4.78 is 44.6. The maximum absolute atomic E-state index is 16.3. The molecule has 0 spiro atoms. The standard InChI is InChI=1S/C39H38O5P2/c1-43-34-28-35(45(41,30-20-10-4-11-21-30)31-22-12-5-13-23-31)36(38(34)44-2)39(37(40)29-18-8-3-9-19-29)46(42,32-24-14-6-15-25-32)33-26-16-7-17-27-33/h3-28,34,36-40H,1-2H3/t34-,36+,37?,38+,39?/m0/s1. The number of rotatable bonds is 11. The quantitative estimate of drug-likeness (QED) is 0.162. The molecule has 0 aliphatic heterocycles. The summed E-state index contributed by atoms with van der Waals surface area (Å²) in [6.45, 7) is 0. The fraction of sp³-hybridized carbons (Fsp3) is 0.179. The van der Waals surface area contributed by atoms with E-state index in [0.29, 0.717) is 32.1 Å². The summed E-state index contributed by atoms with van der Waals surface area (Å²) in [4.78, 5) is 0. The van der Waals surface area contributed by atoms with Crippen molar-refractivity contribution in [3.8, 4) is 0 Å². The first-order valence-corrected chi connectivity index (χ1v) is 18.9. The van der Waals surface area contributed by atoms with Gasteiger partial charge in [-0.25, -0.2) is 0 Å². The first-order chi connectivity index (χ1) is 22.4. The van der Waals surface area contributed by atoms with Crippen LogP contribution in [0.4, 0.5) is 0 Å². The second-order valence-electron chi connectivity index (χ2n) is 11.5. The number of hydrogen-bond donors (Lipinski definition) is 1. The zero-order chi connectivity index (χ0) is 32.1. The number of ether oxygens (including phenoxy) is 2. The Morgan fingerprint density at radius 1 is 0.565 bits per heavy atom. The van der Waals surface area contributed by atoms with Crippen LogP contribution in [0.25, 0.3) is 0 Å². The van der Waals surface area contributed by atoms with Gasteiger partial charge >= 0.3 is 0 Å². The maximum Gasteiger partial charge on any atom is 0.167 e. The second-order valence-corrected chi connectivity index (χ2v) is 17.2. The van der Waals surface area contributed by atoms with Gasteiger partial charge in [0.25, 0.3) is 0 Å². The largest absolute Gasteiger partial charge is 0.388 e. The van der Waals surface area contributed by atoms with E-state index < -0.39 is 44.2 Å². The zero-order valence-corrected chi connectivity index (χ0v) is 27.7. The maximum atomic E-state index is 16.3. The topological polar surface area (TPSA) is 72.8 Å². The lowest BCUT2D eigenvalue weighted by molar-refractivity contribution is -0.0310. The molecule has 0 radical (unpaired) electrons. The summed E-state index contributed by atoms with van der Waals surface area (Å²) in [7, 11) is -4.14. The van der Waals surface area contributed by atoms with E-state index in [1.165, 1.54) is 0 Å². The van der Waals surface area contributed by atoms with Crippen LogP contribution in [0.2, 0.25) is 0 Å². The Balaban J connectivity index is 1.70. The van der Waals surface area contributed by atoms with Crippen molar-refractivity contribution in [2.75, 3.05) is 14.2 Å². The van der Waals surface area contributed by atoms with Gasteiger partial charge in [-0.2, -0.15) is 0 Å². The smallest absolute Gasteiger partial charge is 0.167 e. The van der Waals surface area contributed by atoms with Gasteiger partial charge in [0.05, 0.1) is 17.9 Å². The summed E-state index contributed by atoms with van der Waals surface area (Å²) in [5.41, 5.74) is -0.360. The average Bonchev–Trinajstić information content (AvgIpc) is 3.51. The van der Waals surface area contributed by atoms with E-state index in [2.05, 4.69) is 0 Å². The third-order valence-corrected chi connectivity index (χ3v) is 15.8. The molecule has 5 nitrogen and oxygen atoms in total. The molecular weight excluding hydrogens is 610 g/mol. The number of methoxy groups -OCH3 is 2. The molecule has 0 saturated carbocycles. The van der Waals surface area contributed by atoms with Crippen LogP contribution in [0.1, 0.15) is 11.7 Å². The highest BCUT2D eigenvalue weighted by atomic mass is 31.2. The van der Waals surface area contributed by atoms with E-state index in [4.69, 9.17) is 9.47 Å². The van der Waals surface area contributed by atoms with E-state index in [1.807, 2.05) is 158 Å². The minimum absolute atomic E-state index is 0.565. The Bertz CT molecular complexity index is 1760. The Labute approximate surface area is 271 Å². The van der Waals surface area contributed by atoms with Crippen molar-refractivity contribution in [3.05, 3.63) is 169 Å². The van der Waals surface area contributed by atoms with E-state index >= 15 is 9.13 Å². The molecule has 5 aromatic rings. The van der Waals surface area contributed by atoms with Crippen LogP contribution in [0.15, 0.2) is 163 Å². The Morgan fingerprint density at radius 2 is 0.957 bits per heavy atom. The van der Waals surface area contributed by atoms with Crippen molar-refractivity contribution in [2.24, 2.45) is 5.92 Å². The van der Waals surface area contributed by atoms with Crippen molar-refractivity contribution in [1.82, 2.24) is 0 Å². The molecule has 0 fully saturated rings. The van der Waals surface area contributed by atoms with Crippen molar-refractivity contribution < 1.29 is 23.7 Å². The molecule has 234 valence electrons. The minimum Gasteiger partial charge on any atom is -0.388 e. The van der Waals surface area contributed by atoms with E-state index in [9.17, 15) is 5.11 Å². The molecule has 1 N–H and O–H groups in total. The molecule has 0 heterocycles. The minimum atomic E-state index is -3.73. The summed E-state index contributed by atoms with van der Waals surface area (Å²) in [5, 5.41) is 15.7. The summed E-state index contributed by atoms with van der Waals surface area (Å²) >= 11 is 0. The summed E-state index contributed by atoms with van der Waals surface area (Å²) in [6, 6.07) is 46.8. The highest BCUT2D eigenvalue weighted by molar-refractivity contribution is 7.82. The lowest BCUT2D eigenvalue weighted by Gasteiger charge is -2.41. The van der Waals surface area contributed by atoms with Crippen LogP contribution < -0.4 is 21.2 Å². The fourth-order valence-electron chi connectivity index (χ4n) is 6.90. The van der Waals surface area contributed by atoms with Crippen LogP contribution in [-0.4, -0.2) is 37.2 Å². The van der Waals surface area contributed by atoms with Crippen molar-refractivity contribution >= 4 is 35.5 Å². The number of benzene rings is 5. The normalized spacial score (nSPS) is 19.7. The van der Waals surface area contributed by atoms with Gasteiger partial charge in [0.15, 0.2) is 7.14 Å². The Hall–Kier alpha value is -3.82. The van der Waals surface area contributed by atoms with Crippen molar-refractivity contribution in [2.45, 2.75) is 24.0 Å². The lowest BCUT2D eigenvalue weighted by atomic mass is 9.93. The first kappa shape index (κ1) is 32.1. The lowest BCUT2D eigenvalue weighted by Crippen LogP contribution is -2.44. The molecule has 0 saturated heterocycles. The molecule has 6 rings (SSSR count). The molecule has 0 aromatic heterocycles. The Kier molecular flexibility index (Phi) is 9.70. The molecule has 5 atom stereocenters. The molecule has 0 amide bonds. The van der Waals surface area contributed by atoms with Crippen LogP contribution in [0.5, 0.6) is 0 Å². The number of hydrogen-bond acceptors (Lipinski definition) is 5. The van der Waals surface area contributed by atoms with Crippen LogP contribution >= 0.6 is 14.3 Å². The van der Waals surface area contributed by atoms with Gasteiger partial charge in [-0.3, -0.25) is 0 Å². The van der Waals surface area contributed by atoms with Crippen molar-refractivity contribution in [1.29, 1.82) is 0 Å². The summed E-state index contributed by atoms with van der Waals surface area (Å²) in [6.07, 6.45) is -0.611. The van der Waals surface area contributed by atoms with Gasteiger partial charge in [-0.1, -0.05) is 152 Å². The molecule has 46 heavy (non-hydrogen) atoms. The average molecular weight is 649 g/mol. The molecule has 1 aliphatic carbocycles. The second kappa shape index (κ2) is 13.9. The van der Waals surface area contributed by atoms with Gasteiger partial charge in [0.2, 0.25) is 0 Å². The predicted molar refractivity (Wildman–Crippen MR) is 188 cm³/mol. The van der Waals surface area contributed by atoms with Gasteiger partial charge in [-0.15, -0.1) is 0 Å². The van der Waals surface area contributed by atoms with Crippen LogP contribution in [-0.2, 0) is 18.6 Å². The molecular formula is C39H38O5P2. The highest BCUT2D eigenvalue weighted by Crippen LogP contribution is 2.66. The summed E-state index contributed by atoms with van der Waals surface area (Å²) in [5.74, 6) is -0.775.